The zero-order chi connectivity index (χ0) is 9.80. The first-order valence-electron chi connectivity index (χ1n) is 4.62. The monoisotopic (exact) mass is 204 g/mol. The summed E-state index contributed by atoms with van der Waals surface area (Å²) in [6, 6.07) is 9.46. The maximum Gasteiger partial charge on any atom is 0.131 e. The van der Waals surface area contributed by atoms with Gasteiger partial charge < -0.3 is 5.11 Å². The maximum absolute atomic E-state index is 11.7. The molecule has 0 amide bonds. The van der Waals surface area contributed by atoms with Crippen LogP contribution in [0.25, 0.3) is 5.76 Å². The molecule has 1 nitrogen and oxygen atoms in total. The Kier molecular flexibility index (Phi) is 2.94. The van der Waals surface area contributed by atoms with Gasteiger partial charge in [0.2, 0.25) is 0 Å². The molecule has 0 N–H and O–H groups in total. The van der Waals surface area contributed by atoms with E-state index in [2.05, 4.69) is 12.2 Å². The van der Waals surface area contributed by atoms with Crippen molar-refractivity contribution in [2.45, 2.75) is 0 Å². The zero-order valence-electron chi connectivity index (χ0n) is 7.85. The lowest BCUT2D eigenvalue weighted by Crippen LogP contribution is -2.07. The first kappa shape index (κ1) is 9.41. The van der Waals surface area contributed by atoms with Gasteiger partial charge in [0.05, 0.1) is 0 Å². The molecule has 1 aliphatic heterocycles. The Labute approximate surface area is 87.1 Å². The van der Waals surface area contributed by atoms with Crippen molar-refractivity contribution in [3.8, 4) is 0 Å². The Morgan fingerprint density at radius 2 is 1.79 bits per heavy atom. The van der Waals surface area contributed by atoms with Gasteiger partial charge in [-0.05, 0) is 17.7 Å². The molecule has 0 saturated carbocycles. The van der Waals surface area contributed by atoms with Crippen LogP contribution in [-0.4, -0.2) is 11.5 Å². The van der Waals surface area contributed by atoms with Crippen LogP contribution in [0.1, 0.15) is 5.56 Å². The molecule has 0 fully saturated rings. The molecule has 0 unspecified atom stereocenters. The molecule has 0 saturated heterocycles. The molecular weight excluding hydrogens is 192 g/mol. The number of benzene rings is 1. The molecule has 1 aliphatic rings. The largest absolute Gasteiger partial charge is 0.869 e. The van der Waals surface area contributed by atoms with E-state index in [4.69, 9.17) is 0 Å². The normalized spacial score (nSPS) is 17.6. The number of rotatable bonds is 2. The fraction of sp³-hybridized carbons (Fsp3) is 0.167. The van der Waals surface area contributed by atoms with Gasteiger partial charge >= 0.3 is 0 Å². The fourth-order valence-electron chi connectivity index (χ4n) is 1.37. The lowest BCUT2D eigenvalue weighted by molar-refractivity contribution is -0.243. The van der Waals surface area contributed by atoms with Crippen molar-refractivity contribution in [1.82, 2.24) is 0 Å². The Morgan fingerprint density at radius 1 is 1.14 bits per heavy atom. The van der Waals surface area contributed by atoms with E-state index in [1.165, 1.54) is 0 Å². The Balaban J connectivity index is 2.11. The highest BCUT2D eigenvalue weighted by Crippen LogP contribution is 2.14. The van der Waals surface area contributed by atoms with Crippen molar-refractivity contribution in [2.24, 2.45) is 0 Å². The molecule has 0 spiro atoms. The summed E-state index contributed by atoms with van der Waals surface area (Å²) in [7, 11) is 0.156. The predicted octanol–water partition coefficient (Wildman–Crippen LogP) is 1.53. The van der Waals surface area contributed by atoms with E-state index in [-0.39, 0.29) is 16.7 Å². The van der Waals surface area contributed by atoms with E-state index in [0.29, 0.717) is 0 Å². The summed E-state index contributed by atoms with van der Waals surface area (Å²) in [6.07, 6.45) is 4.30. The minimum absolute atomic E-state index is 0.156. The molecule has 0 bridgehead atoms. The summed E-state index contributed by atoms with van der Waals surface area (Å²) in [5.74, 6) is 2.24. The van der Waals surface area contributed by atoms with Crippen molar-refractivity contribution in [2.75, 3.05) is 11.5 Å². The van der Waals surface area contributed by atoms with Gasteiger partial charge in [-0.25, -0.2) is 0 Å². The molecule has 0 aliphatic carbocycles. The third kappa shape index (κ3) is 2.20. The first-order chi connectivity index (χ1) is 6.86. The highest BCUT2D eigenvalue weighted by atomic mass is 32.2. The second-order valence-electron chi connectivity index (χ2n) is 3.19. The van der Waals surface area contributed by atoms with Crippen molar-refractivity contribution in [3.63, 3.8) is 0 Å². The minimum Gasteiger partial charge on any atom is -0.869 e. The Morgan fingerprint density at radius 3 is 2.43 bits per heavy atom. The van der Waals surface area contributed by atoms with Gasteiger partial charge in [0.1, 0.15) is 16.9 Å². The van der Waals surface area contributed by atoms with Crippen LogP contribution >= 0.6 is 0 Å². The second-order valence-corrected chi connectivity index (χ2v) is 5.17. The molecule has 0 aromatic heterocycles. The highest BCUT2D eigenvalue weighted by molar-refractivity contribution is 8.00. The Bertz CT molecular complexity index is 346. The van der Waals surface area contributed by atoms with Crippen LogP contribution in [0.15, 0.2) is 47.9 Å². The molecule has 1 aromatic carbocycles. The molecule has 0 radical (unpaired) electrons. The summed E-state index contributed by atoms with van der Waals surface area (Å²) in [5, 5.41) is 13.6. The number of hydrogen-bond donors (Lipinski definition) is 0. The Hall–Kier alpha value is -1.15. The molecule has 2 rings (SSSR count). The lowest BCUT2D eigenvalue weighted by atomic mass is 10.2. The van der Waals surface area contributed by atoms with E-state index in [0.717, 1.165) is 17.1 Å². The van der Waals surface area contributed by atoms with Crippen LogP contribution in [0.2, 0.25) is 0 Å². The van der Waals surface area contributed by atoms with Crippen molar-refractivity contribution in [1.29, 1.82) is 0 Å². The lowest BCUT2D eigenvalue weighted by Gasteiger charge is -2.09. The van der Waals surface area contributed by atoms with Gasteiger partial charge in [0.25, 0.3) is 0 Å². The molecule has 0 atom stereocenters. The number of hydrogen-bond acceptors (Lipinski definition) is 1. The zero-order valence-corrected chi connectivity index (χ0v) is 8.67. The maximum atomic E-state index is 11.7. The van der Waals surface area contributed by atoms with E-state index in [1.54, 1.807) is 0 Å². The summed E-state index contributed by atoms with van der Waals surface area (Å²) in [5.41, 5.74) is 0.798. The summed E-state index contributed by atoms with van der Waals surface area (Å²) >= 11 is 0. The smallest absolute Gasteiger partial charge is 0.131 e. The van der Waals surface area contributed by atoms with Crippen molar-refractivity contribution >= 4 is 16.7 Å². The van der Waals surface area contributed by atoms with Gasteiger partial charge in [-0.3, -0.25) is 0 Å². The van der Waals surface area contributed by atoms with Gasteiger partial charge in [-0.2, -0.15) is 0 Å². The molecule has 2 heteroatoms. The predicted molar refractivity (Wildman–Crippen MR) is 60.7 cm³/mol. The average Bonchev–Trinajstić information content (AvgIpc) is 2.72. The van der Waals surface area contributed by atoms with Crippen LogP contribution in [0, 0.1) is 0 Å². The highest BCUT2D eigenvalue weighted by Gasteiger charge is 2.15. The van der Waals surface area contributed by atoms with Crippen LogP contribution < -0.4 is 5.11 Å². The van der Waals surface area contributed by atoms with Crippen LogP contribution in [-0.2, 0) is 10.9 Å². The van der Waals surface area contributed by atoms with Gasteiger partial charge in [-0.15, -0.1) is 0 Å². The second kappa shape index (κ2) is 4.38. The van der Waals surface area contributed by atoms with Crippen LogP contribution in [0.3, 0.4) is 0 Å². The molecular formula is C12H12OS. The van der Waals surface area contributed by atoms with Gasteiger partial charge in [0, 0.05) is 10.9 Å². The molecule has 1 aromatic rings. The molecule has 14 heavy (non-hydrogen) atoms. The first-order valence-corrected chi connectivity index (χ1v) is 6.24. The van der Waals surface area contributed by atoms with E-state index in [1.807, 2.05) is 35.7 Å². The third-order valence-corrected chi connectivity index (χ3v) is 3.91. The summed E-state index contributed by atoms with van der Waals surface area (Å²) in [4.78, 5) is 0. The van der Waals surface area contributed by atoms with Gasteiger partial charge in [0.15, 0.2) is 0 Å². The van der Waals surface area contributed by atoms with E-state index in [9.17, 15) is 5.11 Å². The summed E-state index contributed by atoms with van der Waals surface area (Å²) in [6.45, 7) is 0. The fourth-order valence-corrected chi connectivity index (χ4v) is 2.90. The van der Waals surface area contributed by atoms with Crippen LogP contribution in [0.4, 0.5) is 0 Å². The third-order valence-electron chi connectivity index (χ3n) is 2.12. The van der Waals surface area contributed by atoms with Gasteiger partial charge in [-0.1, -0.05) is 36.1 Å². The standard InChI is InChI=1S/C12H12OS/c13-12(10-14-8-4-5-9-14)11-6-2-1-3-7-11/h1-7,10H,8-9H2/b12-10-. The van der Waals surface area contributed by atoms with E-state index < -0.39 is 0 Å². The van der Waals surface area contributed by atoms with Crippen molar-refractivity contribution in [3.05, 3.63) is 53.5 Å². The van der Waals surface area contributed by atoms with Crippen LogP contribution in [0.5, 0.6) is 0 Å². The minimum atomic E-state index is 0.156. The quantitative estimate of drug-likeness (QED) is 0.407. The van der Waals surface area contributed by atoms with Crippen molar-refractivity contribution < 1.29 is 5.11 Å². The molecule has 72 valence electrons. The topological polar surface area (TPSA) is 23.1 Å². The molecule has 1 heterocycles. The van der Waals surface area contributed by atoms with E-state index >= 15 is 0 Å². The summed E-state index contributed by atoms with van der Waals surface area (Å²) < 4.78 is 0. The average molecular weight is 204 g/mol. The SMILES string of the molecule is [O-]/C(=C\[S+]1CC=CC1)c1ccccc1.